The van der Waals surface area contributed by atoms with Gasteiger partial charge in [-0.3, -0.25) is 9.59 Å². The smallest absolute Gasteiger partial charge is 0.323 e. The van der Waals surface area contributed by atoms with Crippen LogP contribution in [0.3, 0.4) is 0 Å². The molecule has 0 aliphatic carbocycles. The van der Waals surface area contributed by atoms with Gasteiger partial charge in [0.15, 0.2) is 6.10 Å². The van der Waals surface area contributed by atoms with Gasteiger partial charge in [0.05, 0.1) is 0 Å². The molecule has 1 atom stereocenters. The summed E-state index contributed by atoms with van der Waals surface area (Å²) in [6.07, 6.45) is 0.683. The molecule has 0 saturated carbocycles. The van der Waals surface area contributed by atoms with Crippen molar-refractivity contribution in [3.05, 3.63) is 24.3 Å². The summed E-state index contributed by atoms with van der Waals surface area (Å²) in [4.78, 5) is 26.4. The molecule has 1 amide bonds. The molecular formula is C16H19NO5S. The predicted octanol–water partition coefficient (Wildman–Crippen LogP) is 1.63. The minimum atomic E-state index is -1.01. The lowest BCUT2D eigenvalue weighted by atomic mass is 10.1. The van der Waals surface area contributed by atoms with Gasteiger partial charge in [0.25, 0.3) is 5.91 Å². The van der Waals surface area contributed by atoms with Crippen molar-refractivity contribution in [3.63, 3.8) is 0 Å². The largest absolute Gasteiger partial charge is 0.480 e. The first-order chi connectivity index (χ1) is 11.1. The fraction of sp³-hybridized carbons (Fsp3) is 0.500. The Hall–Kier alpha value is -1.73. The Kier molecular flexibility index (Phi) is 5.07. The molecule has 1 saturated heterocycles. The number of carbonyl (C=O) groups is 2. The normalized spacial score (nSPS) is 21.1. The standard InChI is InChI=1S/C16H19NO5S/c18-15(19)9-17(11-5-7-21-8-6-11)16(20)13-10-23-14-4-2-1-3-12(14)22-13/h1-4,11,13H,5-10H2,(H,18,19). The summed E-state index contributed by atoms with van der Waals surface area (Å²) >= 11 is 1.56. The van der Waals surface area contributed by atoms with Crippen molar-refractivity contribution in [1.82, 2.24) is 4.90 Å². The Labute approximate surface area is 138 Å². The highest BCUT2D eigenvalue weighted by Gasteiger charge is 2.35. The number of carbonyl (C=O) groups excluding carboxylic acids is 1. The molecule has 23 heavy (non-hydrogen) atoms. The number of aliphatic carboxylic acids is 1. The van der Waals surface area contributed by atoms with Crippen molar-refractivity contribution in [2.75, 3.05) is 25.5 Å². The quantitative estimate of drug-likeness (QED) is 0.900. The molecule has 3 rings (SSSR count). The van der Waals surface area contributed by atoms with E-state index in [1.807, 2.05) is 24.3 Å². The van der Waals surface area contributed by atoms with Gasteiger partial charge in [0.1, 0.15) is 12.3 Å². The molecule has 1 aromatic rings. The van der Waals surface area contributed by atoms with E-state index in [1.54, 1.807) is 11.8 Å². The number of rotatable bonds is 4. The monoisotopic (exact) mass is 337 g/mol. The lowest BCUT2D eigenvalue weighted by Crippen LogP contribution is -2.52. The highest BCUT2D eigenvalue weighted by atomic mass is 32.2. The summed E-state index contributed by atoms with van der Waals surface area (Å²) in [7, 11) is 0. The molecule has 1 N–H and O–H groups in total. The number of thioether (sulfide) groups is 1. The molecule has 0 bridgehead atoms. The van der Waals surface area contributed by atoms with E-state index >= 15 is 0 Å². The second-order valence-electron chi connectivity index (χ2n) is 5.57. The number of benzene rings is 1. The highest BCUT2D eigenvalue weighted by molar-refractivity contribution is 7.99. The Morgan fingerprint density at radius 3 is 2.74 bits per heavy atom. The van der Waals surface area contributed by atoms with Crippen LogP contribution in [0.4, 0.5) is 0 Å². The van der Waals surface area contributed by atoms with E-state index in [0.29, 0.717) is 37.6 Å². The van der Waals surface area contributed by atoms with Crippen LogP contribution in [0.5, 0.6) is 5.75 Å². The molecule has 2 aliphatic rings. The van der Waals surface area contributed by atoms with Crippen molar-refractivity contribution in [2.24, 2.45) is 0 Å². The number of nitrogens with zero attached hydrogens (tertiary/aromatic N) is 1. The first-order valence-corrected chi connectivity index (χ1v) is 8.62. The third kappa shape index (κ3) is 3.79. The van der Waals surface area contributed by atoms with Crippen molar-refractivity contribution >= 4 is 23.6 Å². The molecule has 0 radical (unpaired) electrons. The fourth-order valence-electron chi connectivity index (χ4n) is 2.86. The van der Waals surface area contributed by atoms with E-state index in [9.17, 15) is 9.59 Å². The summed E-state index contributed by atoms with van der Waals surface area (Å²) in [6, 6.07) is 7.47. The van der Waals surface area contributed by atoms with E-state index in [-0.39, 0.29) is 18.5 Å². The summed E-state index contributed by atoms with van der Waals surface area (Å²) in [6.45, 7) is 0.810. The van der Waals surface area contributed by atoms with Gasteiger partial charge in [-0.1, -0.05) is 12.1 Å². The van der Waals surface area contributed by atoms with E-state index in [0.717, 1.165) is 4.90 Å². The van der Waals surface area contributed by atoms with Gasteiger partial charge in [0, 0.05) is 29.9 Å². The maximum Gasteiger partial charge on any atom is 0.323 e. The van der Waals surface area contributed by atoms with Crippen LogP contribution in [0, 0.1) is 0 Å². The fourth-order valence-corrected chi connectivity index (χ4v) is 3.83. The van der Waals surface area contributed by atoms with Crippen LogP contribution in [0.15, 0.2) is 29.2 Å². The van der Waals surface area contributed by atoms with Gasteiger partial charge in [-0.2, -0.15) is 0 Å². The summed E-state index contributed by atoms with van der Waals surface area (Å²) in [5.41, 5.74) is 0. The zero-order chi connectivity index (χ0) is 16.2. The van der Waals surface area contributed by atoms with E-state index in [1.165, 1.54) is 4.90 Å². The highest BCUT2D eigenvalue weighted by Crippen LogP contribution is 2.35. The Morgan fingerprint density at radius 2 is 2.00 bits per heavy atom. The molecule has 124 valence electrons. The molecule has 2 heterocycles. The van der Waals surface area contributed by atoms with E-state index in [4.69, 9.17) is 14.6 Å². The van der Waals surface area contributed by atoms with Crippen LogP contribution in [0.25, 0.3) is 0 Å². The average Bonchev–Trinajstić information content (AvgIpc) is 2.59. The number of carboxylic acids is 1. The molecular weight excluding hydrogens is 318 g/mol. The molecule has 1 aromatic carbocycles. The van der Waals surface area contributed by atoms with Crippen molar-refractivity contribution < 1.29 is 24.2 Å². The van der Waals surface area contributed by atoms with Gasteiger partial charge in [-0.25, -0.2) is 0 Å². The average molecular weight is 337 g/mol. The predicted molar refractivity (Wildman–Crippen MR) is 84.8 cm³/mol. The van der Waals surface area contributed by atoms with Crippen LogP contribution in [-0.2, 0) is 14.3 Å². The molecule has 6 nitrogen and oxygen atoms in total. The van der Waals surface area contributed by atoms with Gasteiger partial charge < -0.3 is 19.5 Å². The second kappa shape index (κ2) is 7.23. The lowest BCUT2D eigenvalue weighted by Gasteiger charge is -2.36. The molecule has 7 heteroatoms. The Bertz CT molecular complexity index is 588. The third-order valence-corrected chi connectivity index (χ3v) is 5.12. The number of carboxylic acid groups (broad SMARTS) is 1. The number of para-hydroxylation sites is 1. The minimum absolute atomic E-state index is 0.0990. The number of hydrogen-bond donors (Lipinski definition) is 1. The Balaban J connectivity index is 1.74. The molecule has 1 fully saturated rings. The topological polar surface area (TPSA) is 76.1 Å². The van der Waals surface area contributed by atoms with Crippen LogP contribution in [0.2, 0.25) is 0 Å². The first kappa shape index (κ1) is 16.1. The number of ether oxygens (including phenoxy) is 2. The molecule has 0 spiro atoms. The second-order valence-corrected chi connectivity index (χ2v) is 6.63. The van der Waals surface area contributed by atoms with Crippen molar-refractivity contribution in [3.8, 4) is 5.75 Å². The van der Waals surface area contributed by atoms with E-state index < -0.39 is 12.1 Å². The van der Waals surface area contributed by atoms with Gasteiger partial charge in [-0.15, -0.1) is 11.8 Å². The van der Waals surface area contributed by atoms with Crippen LogP contribution in [0.1, 0.15) is 12.8 Å². The molecule has 2 aliphatic heterocycles. The minimum Gasteiger partial charge on any atom is -0.480 e. The SMILES string of the molecule is O=C(O)CN(C(=O)C1CSc2ccccc2O1)C1CCOCC1. The number of amides is 1. The van der Waals surface area contributed by atoms with Gasteiger partial charge in [0.2, 0.25) is 0 Å². The maximum atomic E-state index is 12.8. The van der Waals surface area contributed by atoms with Crippen LogP contribution < -0.4 is 4.74 Å². The molecule has 1 unspecified atom stereocenters. The summed E-state index contributed by atoms with van der Waals surface area (Å²) in [5.74, 6) is -0.0748. The van der Waals surface area contributed by atoms with Gasteiger partial charge >= 0.3 is 5.97 Å². The van der Waals surface area contributed by atoms with Gasteiger partial charge in [-0.05, 0) is 25.0 Å². The van der Waals surface area contributed by atoms with Crippen molar-refractivity contribution in [2.45, 2.75) is 29.9 Å². The van der Waals surface area contributed by atoms with Crippen LogP contribution in [-0.4, -0.2) is 59.5 Å². The summed E-state index contributed by atoms with van der Waals surface area (Å²) < 4.78 is 11.1. The van der Waals surface area contributed by atoms with Crippen LogP contribution >= 0.6 is 11.8 Å². The summed E-state index contributed by atoms with van der Waals surface area (Å²) in [5, 5.41) is 9.15. The number of fused-ring (bicyclic) bond motifs is 1. The third-order valence-electron chi connectivity index (χ3n) is 4.00. The zero-order valence-corrected chi connectivity index (χ0v) is 13.5. The molecule has 0 aromatic heterocycles. The van der Waals surface area contributed by atoms with Crippen molar-refractivity contribution in [1.29, 1.82) is 0 Å². The lowest BCUT2D eigenvalue weighted by molar-refractivity contribution is -0.151. The first-order valence-electron chi connectivity index (χ1n) is 7.63. The maximum absolute atomic E-state index is 12.8. The Morgan fingerprint density at radius 1 is 1.26 bits per heavy atom. The van der Waals surface area contributed by atoms with E-state index in [2.05, 4.69) is 0 Å². The zero-order valence-electron chi connectivity index (χ0n) is 12.6. The number of hydrogen-bond acceptors (Lipinski definition) is 5.